The second-order valence-electron chi connectivity index (χ2n) is 3.57. The van der Waals surface area contributed by atoms with Gasteiger partial charge in [0.1, 0.15) is 13.2 Å². The fourth-order valence-electron chi connectivity index (χ4n) is 1.66. The second kappa shape index (κ2) is 4.29. The Morgan fingerprint density at radius 2 is 2.13 bits per heavy atom. The van der Waals surface area contributed by atoms with Crippen molar-refractivity contribution in [2.45, 2.75) is 12.8 Å². The van der Waals surface area contributed by atoms with Gasteiger partial charge in [0.05, 0.1) is 0 Å². The lowest BCUT2D eigenvalue weighted by atomic mass is 10.00. The molecule has 0 bridgehead atoms. The van der Waals surface area contributed by atoms with Gasteiger partial charge in [-0.15, -0.1) is 0 Å². The molecule has 1 N–H and O–H groups in total. The van der Waals surface area contributed by atoms with E-state index in [9.17, 15) is 0 Å². The molecule has 1 aromatic rings. The molecular weight excluding hydrogens is 216 g/mol. The predicted octanol–water partition coefficient (Wildman–Crippen LogP) is 2.21. The molecule has 0 aliphatic carbocycles. The zero-order chi connectivity index (χ0) is 10.8. The maximum atomic E-state index is 9.16. The van der Waals surface area contributed by atoms with Gasteiger partial charge in [0.15, 0.2) is 11.5 Å². The molecule has 2 rings (SSSR count). The zero-order valence-corrected chi connectivity index (χ0v) is 9.25. The van der Waals surface area contributed by atoms with Crippen LogP contribution in [0.1, 0.15) is 18.4 Å². The van der Waals surface area contributed by atoms with Crippen LogP contribution in [0.2, 0.25) is 5.02 Å². The van der Waals surface area contributed by atoms with Crippen LogP contribution in [0.15, 0.2) is 12.1 Å². The van der Waals surface area contributed by atoms with Crippen LogP contribution < -0.4 is 9.47 Å². The number of benzene rings is 1. The lowest BCUT2D eigenvalue weighted by Gasteiger charge is -2.23. The summed E-state index contributed by atoms with van der Waals surface area (Å²) in [6.45, 7) is 3.03. The molecule has 0 fully saturated rings. The van der Waals surface area contributed by atoms with E-state index in [1.165, 1.54) is 0 Å². The van der Waals surface area contributed by atoms with Gasteiger partial charge < -0.3 is 14.6 Å². The second-order valence-corrected chi connectivity index (χ2v) is 3.98. The van der Waals surface area contributed by atoms with E-state index in [2.05, 4.69) is 0 Å². The first-order chi connectivity index (χ1) is 7.24. The van der Waals surface area contributed by atoms with Crippen molar-refractivity contribution in [3.05, 3.63) is 22.7 Å². The van der Waals surface area contributed by atoms with Crippen molar-refractivity contribution in [1.29, 1.82) is 0 Å². The third-order valence-electron chi connectivity index (χ3n) is 2.46. The number of rotatable bonds is 2. The van der Waals surface area contributed by atoms with Crippen molar-refractivity contribution in [1.82, 2.24) is 0 Å². The molecule has 1 heterocycles. The van der Waals surface area contributed by atoms with Gasteiger partial charge >= 0.3 is 0 Å². The van der Waals surface area contributed by atoms with E-state index in [4.69, 9.17) is 26.2 Å². The van der Waals surface area contributed by atoms with Crippen LogP contribution >= 0.6 is 11.6 Å². The van der Waals surface area contributed by atoms with E-state index >= 15 is 0 Å². The minimum Gasteiger partial charge on any atom is -0.486 e. The molecule has 0 aromatic heterocycles. The summed E-state index contributed by atoms with van der Waals surface area (Å²) in [4.78, 5) is 0. The summed E-state index contributed by atoms with van der Waals surface area (Å²) in [7, 11) is 0. The predicted molar refractivity (Wildman–Crippen MR) is 57.9 cm³/mol. The van der Waals surface area contributed by atoms with Gasteiger partial charge in [0.2, 0.25) is 0 Å². The van der Waals surface area contributed by atoms with Gasteiger partial charge in [0, 0.05) is 23.1 Å². The Kier molecular flexibility index (Phi) is 3.03. The van der Waals surface area contributed by atoms with Crippen LogP contribution in [0.4, 0.5) is 0 Å². The number of halogens is 1. The number of fused-ring (bicyclic) bond motifs is 1. The van der Waals surface area contributed by atoms with Gasteiger partial charge in [-0.2, -0.15) is 0 Å². The first-order valence-electron chi connectivity index (χ1n) is 4.93. The smallest absolute Gasteiger partial charge is 0.166 e. The lowest BCUT2D eigenvalue weighted by molar-refractivity contribution is 0.167. The highest BCUT2D eigenvalue weighted by Gasteiger charge is 2.22. The maximum Gasteiger partial charge on any atom is 0.166 e. The molecule has 82 valence electrons. The molecule has 1 aromatic carbocycles. The monoisotopic (exact) mass is 228 g/mol. The number of hydrogen-bond donors (Lipinski definition) is 1. The first-order valence-corrected chi connectivity index (χ1v) is 5.30. The third kappa shape index (κ3) is 1.90. The Bertz CT molecular complexity index is 365. The molecule has 15 heavy (non-hydrogen) atoms. The van der Waals surface area contributed by atoms with Crippen LogP contribution in [0.5, 0.6) is 11.5 Å². The van der Waals surface area contributed by atoms with Crippen LogP contribution in [0.3, 0.4) is 0 Å². The van der Waals surface area contributed by atoms with E-state index < -0.39 is 0 Å². The number of aliphatic hydroxyl groups is 1. The molecule has 0 radical (unpaired) electrons. The van der Waals surface area contributed by atoms with Crippen molar-refractivity contribution in [2.24, 2.45) is 0 Å². The summed E-state index contributed by atoms with van der Waals surface area (Å²) in [6.07, 6.45) is 0. The highest BCUT2D eigenvalue weighted by molar-refractivity contribution is 6.31. The van der Waals surface area contributed by atoms with Gasteiger partial charge in [-0.3, -0.25) is 0 Å². The summed E-state index contributed by atoms with van der Waals surface area (Å²) in [5.74, 6) is 1.34. The normalized spacial score (nSPS) is 16.2. The molecular formula is C11H13ClO3. The quantitative estimate of drug-likeness (QED) is 0.844. The van der Waals surface area contributed by atoms with Gasteiger partial charge in [0.25, 0.3) is 0 Å². The highest BCUT2D eigenvalue weighted by Crippen LogP contribution is 2.41. The first kappa shape index (κ1) is 10.6. The molecule has 1 aliphatic heterocycles. The number of ether oxygens (including phenoxy) is 2. The minimum atomic E-state index is -0.0471. The standard InChI is InChI=1S/C11H13ClO3/c1-7(6-13)10-8(12)2-3-9-11(10)15-5-4-14-9/h2-3,7,13H,4-6H2,1H3. The summed E-state index contributed by atoms with van der Waals surface area (Å²) in [5.41, 5.74) is 0.830. The van der Waals surface area contributed by atoms with Crippen molar-refractivity contribution in [3.63, 3.8) is 0 Å². The van der Waals surface area contributed by atoms with Gasteiger partial charge in [-0.05, 0) is 12.1 Å². The molecule has 4 heteroatoms. The zero-order valence-electron chi connectivity index (χ0n) is 8.50. The van der Waals surface area contributed by atoms with Crippen molar-refractivity contribution in [3.8, 4) is 11.5 Å². The Balaban J connectivity index is 2.50. The molecule has 0 amide bonds. The highest BCUT2D eigenvalue weighted by atomic mass is 35.5. The number of hydrogen-bond acceptors (Lipinski definition) is 3. The van der Waals surface area contributed by atoms with Crippen LogP contribution in [-0.4, -0.2) is 24.9 Å². The molecule has 1 aliphatic rings. The van der Waals surface area contributed by atoms with Crippen molar-refractivity contribution in [2.75, 3.05) is 19.8 Å². The maximum absolute atomic E-state index is 9.16. The fourth-order valence-corrected chi connectivity index (χ4v) is 2.00. The van der Waals surface area contributed by atoms with Crippen LogP contribution in [0.25, 0.3) is 0 Å². The fraction of sp³-hybridized carbons (Fsp3) is 0.455. The van der Waals surface area contributed by atoms with E-state index in [-0.39, 0.29) is 12.5 Å². The summed E-state index contributed by atoms with van der Waals surface area (Å²) >= 11 is 6.09. The lowest BCUT2D eigenvalue weighted by Crippen LogP contribution is -2.17. The largest absolute Gasteiger partial charge is 0.486 e. The Morgan fingerprint density at radius 1 is 1.40 bits per heavy atom. The minimum absolute atomic E-state index is 0.0412. The van der Waals surface area contributed by atoms with Gasteiger partial charge in [-0.1, -0.05) is 18.5 Å². The summed E-state index contributed by atoms with van der Waals surface area (Å²) < 4.78 is 11.0. The third-order valence-corrected chi connectivity index (χ3v) is 2.79. The van der Waals surface area contributed by atoms with Crippen molar-refractivity contribution < 1.29 is 14.6 Å². The summed E-state index contributed by atoms with van der Waals surface area (Å²) in [6, 6.07) is 3.57. The number of aliphatic hydroxyl groups excluding tert-OH is 1. The van der Waals surface area contributed by atoms with Crippen molar-refractivity contribution >= 4 is 11.6 Å². The average Bonchev–Trinajstić information content (AvgIpc) is 2.28. The Morgan fingerprint density at radius 3 is 2.87 bits per heavy atom. The average molecular weight is 229 g/mol. The molecule has 0 saturated heterocycles. The van der Waals surface area contributed by atoms with E-state index in [1.54, 1.807) is 12.1 Å². The summed E-state index contributed by atoms with van der Waals surface area (Å²) in [5, 5.41) is 9.77. The Hall–Kier alpha value is -0.930. The topological polar surface area (TPSA) is 38.7 Å². The molecule has 1 atom stereocenters. The van der Waals surface area contributed by atoms with Crippen LogP contribution in [0, 0.1) is 0 Å². The SMILES string of the molecule is CC(CO)c1c(Cl)ccc2c1OCCO2. The molecule has 1 unspecified atom stereocenters. The molecule has 3 nitrogen and oxygen atoms in total. The van der Waals surface area contributed by atoms with E-state index in [0.717, 1.165) is 5.56 Å². The van der Waals surface area contributed by atoms with Gasteiger partial charge in [-0.25, -0.2) is 0 Å². The molecule has 0 saturated carbocycles. The Labute approximate surface area is 93.6 Å². The van der Waals surface area contributed by atoms with E-state index in [1.807, 2.05) is 6.92 Å². The molecule has 0 spiro atoms. The van der Waals surface area contributed by atoms with Crippen LogP contribution in [-0.2, 0) is 0 Å². The van der Waals surface area contributed by atoms with E-state index in [0.29, 0.717) is 29.7 Å².